The number of hydrogen-bond donors (Lipinski definition) is 0. The van der Waals surface area contributed by atoms with E-state index in [4.69, 9.17) is 8.94 Å². The van der Waals surface area contributed by atoms with Crippen LogP contribution < -0.4 is 0 Å². The summed E-state index contributed by atoms with van der Waals surface area (Å²) in [5, 5.41) is 3.83. The van der Waals surface area contributed by atoms with E-state index in [1.807, 2.05) is 6.07 Å². The Morgan fingerprint density at radius 2 is 2.21 bits per heavy atom. The molecule has 0 saturated carbocycles. The van der Waals surface area contributed by atoms with Gasteiger partial charge in [-0.05, 0) is 44.4 Å². The van der Waals surface area contributed by atoms with Crippen LogP contribution >= 0.6 is 0 Å². The van der Waals surface area contributed by atoms with Crippen LogP contribution in [0.25, 0.3) is 0 Å². The maximum absolute atomic E-state index is 13.4. The van der Waals surface area contributed by atoms with Gasteiger partial charge in [0.15, 0.2) is 5.69 Å². The fourth-order valence-corrected chi connectivity index (χ4v) is 3.73. The van der Waals surface area contributed by atoms with Gasteiger partial charge in [-0.1, -0.05) is 17.3 Å². The van der Waals surface area contributed by atoms with Crippen molar-refractivity contribution in [2.45, 2.75) is 38.5 Å². The van der Waals surface area contributed by atoms with Crippen LogP contribution in [0, 0.1) is 12.7 Å². The molecule has 7 heteroatoms. The standard InChI is InChI=1S/C21H22FN3O3/c1-14-9-18(24-28-14)19(26)25-8-4-7-21(2,13-25)20-23-12-17(27-20)11-15-5-3-6-16(22)10-15/h3,5-6,9-10,12H,4,7-8,11,13H2,1-2H3/t21-/m1/s1. The van der Waals surface area contributed by atoms with E-state index in [9.17, 15) is 9.18 Å². The van der Waals surface area contributed by atoms with E-state index in [0.29, 0.717) is 42.6 Å². The minimum atomic E-state index is -0.382. The van der Waals surface area contributed by atoms with Crippen molar-refractivity contribution in [3.63, 3.8) is 0 Å². The van der Waals surface area contributed by atoms with Gasteiger partial charge >= 0.3 is 0 Å². The number of nitrogens with zero attached hydrogens (tertiary/aromatic N) is 3. The molecule has 28 heavy (non-hydrogen) atoms. The molecule has 146 valence electrons. The van der Waals surface area contributed by atoms with E-state index in [1.54, 1.807) is 30.2 Å². The molecule has 1 aliphatic heterocycles. The summed E-state index contributed by atoms with van der Waals surface area (Å²) in [6, 6.07) is 8.09. The van der Waals surface area contributed by atoms with Gasteiger partial charge in [-0.25, -0.2) is 9.37 Å². The third-order valence-corrected chi connectivity index (χ3v) is 5.17. The molecule has 0 radical (unpaired) electrons. The smallest absolute Gasteiger partial charge is 0.276 e. The normalized spacial score (nSPS) is 19.8. The zero-order valence-corrected chi connectivity index (χ0v) is 15.9. The van der Waals surface area contributed by atoms with Gasteiger partial charge in [-0.2, -0.15) is 0 Å². The summed E-state index contributed by atoms with van der Waals surface area (Å²) in [6.07, 6.45) is 3.88. The Morgan fingerprint density at radius 1 is 1.36 bits per heavy atom. The second-order valence-corrected chi connectivity index (χ2v) is 7.65. The Balaban J connectivity index is 1.50. The lowest BCUT2D eigenvalue weighted by molar-refractivity contribution is 0.0615. The molecule has 0 spiro atoms. The molecule has 1 saturated heterocycles. The van der Waals surface area contributed by atoms with E-state index in [1.165, 1.54) is 12.1 Å². The number of amides is 1. The molecule has 4 rings (SSSR count). The molecule has 6 nitrogen and oxygen atoms in total. The van der Waals surface area contributed by atoms with Crippen LogP contribution in [0.4, 0.5) is 4.39 Å². The predicted octanol–water partition coefficient (Wildman–Crippen LogP) is 3.89. The lowest BCUT2D eigenvalue weighted by Crippen LogP contribution is -2.47. The average molecular weight is 383 g/mol. The molecular formula is C21H22FN3O3. The molecule has 1 atom stereocenters. The summed E-state index contributed by atoms with van der Waals surface area (Å²) in [4.78, 5) is 19.0. The van der Waals surface area contributed by atoms with E-state index in [0.717, 1.165) is 18.4 Å². The highest BCUT2D eigenvalue weighted by Crippen LogP contribution is 2.34. The summed E-state index contributed by atoms with van der Waals surface area (Å²) < 4.78 is 24.4. The van der Waals surface area contributed by atoms with Crippen LogP contribution in [-0.2, 0) is 11.8 Å². The quantitative estimate of drug-likeness (QED) is 0.683. The first kappa shape index (κ1) is 18.4. The average Bonchev–Trinajstić information content (AvgIpc) is 3.31. The highest BCUT2D eigenvalue weighted by atomic mass is 19.1. The SMILES string of the molecule is Cc1cc(C(=O)N2CCC[C@@](C)(c3ncc(Cc4cccc(F)c4)o3)C2)no1. The van der Waals surface area contributed by atoms with Gasteiger partial charge in [0.2, 0.25) is 5.89 Å². The maximum atomic E-state index is 13.4. The Bertz CT molecular complexity index is 996. The van der Waals surface area contributed by atoms with Crippen LogP contribution in [0.5, 0.6) is 0 Å². The monoisotopic (exact) mass is 383 g/mol. The summed E-state index contributed by atoms with van der Waals surface area (Å²) in [5.41, 5.74) is 0.767. The fourth-order valence-electron chi connectivity index (χ4n) is 3.73. The molecule has 0 bridgehead atoms. The van der Waals surface area contributed by atoms with Crippen LogP contribution in [-0.4, -0.2) is 34.0 Å². The molecule has 1 amide bonds. The Morgan fingerprint density at radius 3 is 2.96 bits per heavy atom. The van der Waals surface area contributed by atoms with Gasteiger partial charge in [0.05, 0.1) is 11.6 Å². The number of likely N-dealkylation sites (tertiary alicyclic amines) is 1. The minimum absolute atomic E-state index is 0.144. The summed E-state index contributed by atoms with van der Waals surface area (Å²) in [6.45, 7) is 4.98. The largest absolute Gasteiger partial charge is 0.445 e. The highest BCUT2D eigenvalue weighted by molar-refractivity contribution is 5.92. The molecular weight excluding hydrogens is 361 g/mol. The maximum Gasteiger partial charge on any atom is 0.276 e. The Hall–Kier alpha value is -2.96. The molecule has 1 aromatic carbocycles. The number of oxazole rings is 1. The van der Waals surface area contributed by atoms with Crippen molar-refractivity contribution < 1.29 is 18.1 Å². The number of hydrogen-bond acceptors (Lipinski definition) is 5. The first-order chi connectivity index (χ1) is 13.4. The van der Waals surface area contributed by atoms with Gasteiger partial charge in [0.1, 0.15) is 17.3 Å². The third kappa shape index (κ3) is 3.69. The van der Waals surface area contributed by atoms with Crippen LogP contribution in [0.15, 0.2) is 45.5 Å². The van der Waals surface area contributed by atoms with Crippen LogP contribution in [0.2, 0.25) is 0 Å². The number of carbonyl (C=O) groups is 1. The molecule has 3 heterocycles. The second kappa shape index (κ2) is 7.22. The number of halogens is 1. The topological polar surface area (TPSA) is 72.4 Å². The third-order valence-electron chi connectivity index (χ3n) is 5.17. The molecule has 0 aliphatic carbocycles. The Kier molecular flexibility index (Phi) is 4.75. The summed E-state index contributed by atoms with van der Waals surface area (Å²) >= 11 is 0. The number of aromatic nitrogens is 2. The van der Waals surface area contributed by atoms with Gasteiger partial charge in [0, 0.05) is 25.6 Å². The molecule has 1 aliphatic rings. The molecule has 1 fully saturated rings. The number of carbonyl (C=O) groups excluding carboxylic acids is 1. The van der Waals surface area contributed by atoms with Gasteiger partial charge < -0.3 is 13.8 Å². The minimum Gasteiger partial charge on any atom is -0.445 e. The zero-order chi connectivity index (χ0) is 19.7. The summed E-state index contributed by atoms with van der Waals surface area (Å²) in [5.74, 6) is 1.48. The van der Waals surface area contributed by atoms with Gasteiger partial charge in [-0.3, -0.25) is 4.79 Å². The van der Waals surface area contributed by atoms with Crippen molar-refractivity contribution in [1.82, 2.24) is 15.0 Å². The molecule has 3 aromatic rings. The van der Waals surface area contributed by atoms with Crippen LogP contribution in [0.3, 0.4) is 0 Å². The lowest BCUT2D eigenvalue weighted by atomic mass is 9.81. The van der Waals surface area contributed by atoms with E-state index >= 15 is 0 Å². The van der Waals surface area contributed by atoms with Crippen molar-refractivity contribution in [1.29, 1.82) is 0 Å². The number of aryl methyl sites for hydroxylation is 1. The van der Waals surface area contributed by atoms with E-state index in [2.05, 4.69) is 17.1 Å². The molecule has 0 N–H and O–H groups in total. The van der Waals surface area contributed by atoms with Gasteiger partial charge in [0.25, 0.3) is 5.91 Å². The van der Waals surface area contributed by atoms with Crippen molar-refractivity contribution in [3.05, 3.63) is 71.0 Å². The predicted molar refractivity (Wildman–Crippen MR) is 99.4 cm³/mol. The number of piperidine rings is 1. The summed E-state index contributed by atoms with van der Waals surface area (Å²) in [7, 11) is 0. The lowest BCUT2D eigenvalue weighted by Gasteiger charge is -2.38. The molecule has 0 unspecified atom stereocenters. The Labute approximate surface area is 162 Å². The van der Waals surface area contributed by atoms with Gasteiger partial charge in [-0.15, -0.1) is 0 Å². The first-order valence-electron chi connectivity index (χ1n) is 9.35. The number of rotatable bonds is 4. The van der Waals surface area contributed by atoms with E-state index < -0.39 is 0 Å². The van der Waals surface area contributed by atoms with Crippen molar-refractivity contribution >= 4 is 5.91 Å². The highest BCUT2D eigenvalue weighted by Gasteiger charge is 2.39. The van der Waals surface area contributed by atoms with Crippen molar-refractivity contribution in [2.75, 3.05) is 13.1 Å². The molecule has 2 aromatic heterocycles. The van der Waals surface area contributed by atoms with Crippen molar-refractivity contribution in [2.24, 2.45) is 0 Å². The van der Waals surface area contributed by atoms with E-state index in [-0.39, 0.29) is 17.1 Å². The van der Waals surface area contributed by atoms with Crippen LogP contribution in [0.1, 0.15) is 53.2 Å². The zero-order valence-electron chi connectivity index (χ0n) is 15.9. The second-order valence-electron chi connectivity index (χ2n) is 7.65. The number of benzene rings is 1. The van der Waals surface area contributed by atoms with Crippen molar-refractivity contribution in [3.8, 4) is 0 Å². The fraction of sp³-hybridized carbons (Fsp3) is 0.381. The first-order valence-corrected chi connectivity index (χ1v) is 9.35.